The highest BCUT2D eigenvalue weighted by atomic mass is 128. The average molecular weight is 1300 g/mol. The molecule has 6 saturated carbocycles. The summed E-state index contributed by atoms with van der Waals surface area (Å²) in [6.45, 7) is 18.9. The van der Waals surface area contributed by atoms with Gasteiger partial charge in [0, 0.05) is 59.9 Å². The summed E-state index contributed by atoms with van der Waals surface area (Å²) in [4.78, 5) is 26.8. The van der Waals surface area contributed by atoms with Crippen LogP contribution in [0.5, 0.6) is 0 Å². The highest BCUT2D eigenvalue weighted by molar-refractivity contribution is 15.0. The fourth-order valence-electron chi connectivity index (χ4n) is 18.1. The van der Waals surface area contributed by atoms with Gasteiger partial charge >= 0.3 is 7.12 Å². The lowest BCUT2D eigenvalue weighted by Crippen LogP contribution is -2.62. The van der Waals surface area contributed by atoms with E-state index in [0.29, 0.717) is 69.8 Å². The van der Waals surface area contributed by atoms with Gasteiger partial charge in [0.25, 0.3) is 0 Å². The van der Waals surface area contributed by atoms with Crippen molar-refractivity contribution in [1.29, 1.82) is 0 Å². The summed E-state index contributed by atoms with van der Waals surface area (Å²) in [7, 11) is -0.535. The molecule has 1 aromatic rings. The van der Waals surface area contributed by atoms with Crippen LogP contribution in [0.1, 0.15) is 172 Å². The first-order chi connectivity index (χ1) is 35.6. The van der Waals surface area contributed by atoms with Crippen molar-refractivity contribution in [3.8, 4) is 0 Å². The number of carbonyl (C=O) groups is 2. The molecular weight excluding hydrogens is 1210 g/mol. The van der Waals surface area contributed by atoms with Gasteiger partial charge in [-0.15, -0.1) is 0 Å². The number of ketones is 2. The minimum absolute atomic E-state index is 0.0271. The van der Waals surface area contributed by atoms with E-state index in [1.807, 2.05) is 58.0 Å². The summed E-state index contributed by atoms with van der Waals surface area (Å²) in [5.74, 6) is -1.40. The van der Waals surface area contributed by atoms with Crippen LogP contribution in [0.25, 0.3) is 0 Å². The van der Waals surface area contributed by atoms with E-state index >= 15 is 0 Å². The molecule has 432 valence electrons. The van der Waals surface area contributed by atoms with Gasteiger partial charge < -0.3 is 60.4 Å². The van der Waals surface area contributed by atoms with Crippen LogP contribution in [0.2, 0.25) is 0 Å². The molecule has 1 saturated heterocycles. The van der Waals surface area contributed by atoms with Gasteiger partial charge in [-0.3, -0.25) is 9.59 Å². The van der Waals surface area contributed by atoms with Crippen molar-refractivity contribution in [2.75, 3.05) is 0 Å². The lowest BCUT2D eigenvalue weighted by atomic mass is 9.45. The lowest BCUT2D eigenvalue weighted by molar-refractivity contribution is -0.177. The quantitative estimate of drug-likeness (QED) is 0.0842. The first-order valence-corrected chi connectivity index (χ1v) is 34.9. The van der Waals surface area contributed by atoms with E-state index in [2.05, 4.69) is 58.0 Å². The second-order valence-electron chi connectivity index (χ2n) is 28.3. The summed E-state index contributed by atoms with van der Waals surface area (Å²) in [6, 6.07) is 9.93. The second kappa shape index (κ2) is 21.6. The van der Waals surface area contributed by atoms with Crippen LogP contribution < -0.4 is 5.46 Å². The fourth-order valence-corrected chi connectivity index (χ4v) is 18.1. The van der Waals surface area contributed by atoms with Crippen LogP contribution in [0.4, 0.5) is 0 Å². The molecular formula is C60H91BI2O14. The van der Waals surface area contributed by atoms with Gasteiger partial charge in [-0.25, -0.2) is 0 Å². The van der Waals surface area contributed by atoms with E-state index in [1.54, 1.807) is 32.9 Å². The van der Waals surface area contributed by atoms with Gasteiger partial charge in [-0.2, -0.15) is 0 Å². The van der Waals surface area contributed by atoms with E-state index in [0.717, 1.165) is 30.3 Å². The van der Waals surface area contributed by atoms with Crippen molar-refractivity contribution in [3.05, 3.63) is 53.6 Å². The van der Waals surface area contributed by atoms with Gasteiger partial charge in [0.1, 0.15) is 0 Å². The van der Waals surface area contributed by atoms with E-state index in [4.69, 9.17) is 9.31 Å². The first kappa shape index (κ1) is 62.1. The minimum atomic E-state index is -1.46. The van der Waals surface area contributed by atoms with E-state index in [-0.39, 0.29) is 72.4 Å². The summed E-state index contributed by atoms with van der Waals surface area (Å²) in [5.41, 5.74) is -6.29. The molecule has 0 bridgehead atoms. The van der Waals surface area contributed by atoms with Gasteiger partial charge in [0.05, 0.1) is 70.2 Å². The molecule has 20 atom stereocenters. The molecule has 0 aromatic heterocycles. The molecule has 7 fully saturated rings. The van der Waals surface area contributed by atoms with Crippen molar-refractivity contribution in [2.45, 2.75) is 242 Å². The molecule has 0 amide bonds. The Bertz CT molecular complexity index is 2410. The maximum atomic E-state index is 13.6. The summed E-state index contributed by atoms with van der Waals surface area (Å²) >= 11 is 4.24. The average Bonchev–Trinajstić information content (AvgIpc) is 4.08. The van der Waals surface area contributed by atoms with Crippen LogP contribution in [0.15, 0.2) is 53.6 Å². The SMILES string of the molecule is CC(C)(O)CC[C@@H](O)[C@](C)(O)[C@H]1CC[C@@]2(O)C3=CC(=O)[C@@H]4C[C@@H](O)[C@@H](O)C[C@]4(C)C3CC[C@]12C.CC(C)(O)CC[C@H]1OB(c2ccccc2)O[C@]1(C)[C@H]1CC[C@@]2(O)C3=CC(=O)[C@@H]4C[C@@H](O)[C@@H](O)C[C@]4(C)C3CC[C@]12C.II. The molecule has 1 aliphatic heterocycles. The summed E-state index contributed by atoms with van der Waals surface area (Å²) < 4.78 is 13.5. The van der Waals surface area contributed by atoms with Crippen molar-refractivity contribution < 1.29 is 70.0 Å². The van der Waals surface area contributed by atoms with Crippen molar-refractivity contribution in [1.82, 2.24) is 0 Å². The number of aliphatic hydroxyl groups is 10. The largest absolute Gasteiger partial charge is 0.494 e. The zero-order chi connectivity index (χ0) is 57.1. The molecule has 10 rings (SSSR count). The molecule has 8 aliphatic carbocycles. The highest BCUT2D eigenvalue weighted by Crippen LogP contribution is 2.71. The Kier molecular flexibility index (Phi) is 17.4. The topological polar surface area (TPSA) is 255 Å². The van der Waals surface area contributed by atoms with E-state index in [1.165, 1.54) is 0 Å². The second-order valence-corrected chi connectivity index (χ2v) is 28.3. The van der Waals surface area contributed by atoms with Crippen LogP contribution in [-0.4, -0.2) is 140 Å². The van der Waals surface area contributed by atoms with E-state index in [9.17, 15) is 60.7 Å². The third-order valence-electron chi connectivity index (χ3n) is 22.7. The molecule has 2 unspecified atom stereocenters. The monoisotopic (exact) mass is 1300 g/mol. The molecule has 77 heavy (non-hydrogen) atoms. The van der Waals surface area contributed by atoms with Crippen molar-refractivity contribution >= 4 is 61.4 Å². The number of allylic oxidation sites excluding steroid dienone is 2. The Morgan fingerprint density at radius 3 is 1.61 bits per heavy atom. The standard InChI is InChI=1S/C33H47BO7.C27H44O7.I2/c1-29(2,38)14-13-28-32(5,41-34(40-28)20-9-7-6-8-10-20)27-12-16-33(39)22-17-24(35)23-18-25(36)26(37)19-30(23,3)21(22)11-15-31(27,33)4;1-23(2,32)9-8-22(31)26(5,33)21-7-11-27(34)16-12-18(28)17-13-19(29)20(30)14-24(17,3)15(16)6-10-25(21,27)4;1-2/h6-10,17,21,23,25-28,36-39H,11-16,18-19H2,1-5H3;12,15,17,19-22,29-34H,6-11,13-14H2,1-5H3;/t21?,23-,25+,26-,27-,28+,30+,31+,32+,33+;15?,17-,19+,20-,21-,22+,24+,25+,26+,27+;/m00./s1. The first-order valence-electron chi connectivity index (χ1n) is 28.7. The maximum Gasteiger partial charge on any atom is 0.494 e. The number of carbonyl (C=O) groups excluding carboxylic acids is 2. The number of hydrogen-bond donors (Lipinski definition) is 10. The smallest absolute Gasteiger partial charge is 0.402 e. The number of benzene rings is 1. The summed E-state index contributed by atoms with van der Waals surface area (Å²) in [6.07, 6.45) is 6.41. The Labute approximate surface area is 481 Å². The fraction of sp³-hybridized carbons (Fsp3) is 0.800. The van der Waals surface area contributed by atoms with Gasteiger partial charge in [-0.1, -0.05) is 58.0 Å². The number of fused-ring (bicyclic) bond motifs is 10. The zero-order valence-corrected chi connectivity index (χ0v) is 51.5. The predicted octanol–water partition coefficient (Wildman–Crippen LogP) is 6.94. The molecule has 1 heterocycles. The van der Waals surface area contributed by atoms with Gasteiger partial charge in [0.15, 0.2) is 11.6 Å². The van der Waals surface area contributed by atoms with Crippen LogP contribution in [0.3, 0.4) is 0 Å². The Balaban J connectivity index is 0.000000201. The minimum Gasteiger partial charge on any atom is -0.402 e. The highest BCUT2D eigenvalue weighted by Gasteiger charge is 2.72. The number of rotatable bonds is 10. The molecule has 0 radical (unpaired) electrons. The van der Waals surface area contributed by atoms with Crippen molar-refractivity contribution in [2.24, 2.45) is 57.2 Å². The third-order valence-corrected chi connectivity index (χ3v) is 22.7. The number of halogens is 2. The van der Waals surface area contributed by atoms with Crippen LogP contribution >= 0.6 is 37.2 Å². The third kappa shape index (κ3) is 10.4. The Morgan fingerprint density at radius 1 is 0.649 bits per heavy atom. The lowest BCUT2D eigenvalue weighted by Gasteiger charge is -2.60. The van der Waals surface area contributed by atoms with Crippen LogP contribution in [-0.2, 0) is 18.9 Å². The molecule has 10 N–H and O–H groups in total. The van der Waals surface area contributed by atoms with Crippen molar-refractivity contribution in [3.63, 3.8) is 0 Å². The molecule has 1 aromatic carbocycles. The Hall–Kier alpha value is -0.915. The van der Waals surface area contributed by atoms with E-state index < -0.39 is 92.9 Å². The molecule has 9 aliphatic rings. The summed E-state index contributed by atoms with van der Waals surface area (Å²) in [5, 5.41) is 110. The molecule has 0 spiro atoms. The number of hydrogen-bond acceptors (Lipinski definition) is 14. The Morgan fingerprint density at radius 2 is 1.12 bits per heavy atom. The molecule has 14 nitrogen and oxygen atoms in total. The normalized spacial score (nSPS) is 45.5. The predicted molar refractivity (Wildman–Crippen MR) is 311 cm³/mol. The van der Waals surface area contributed by atoms with Gasteiger partial charge in [-0.05, 0) is 208 Å². The van der Waals surface area contributed by atoms with Crippen LogP contribution in [0, 0.1) is 57.2 Å². The van der Waals surface area contributed by atoms with Gasteiger partial charge in [0.2, 0.25) is 0 Å². The maximum absolute atomic E-state index is 13.6. The molecule has 17 heteroatoms. The zero-order valence-electron chi connectivity index (χ0n) is 47.2. The number of aliphatic hydroxyl groups excluding tert-OH is 5.